The Kier molecular flexibility index (Phi) is 5.74. The zero-order chi connectivity index (χ0) is 16.9. The van der Waals surface area contributed by atoms with E-state index in [1.807, 2.05) is 18.2 Å². The summed E-state index contributed by atoms with van der Waals surface area (Å²) >= 11 is 5.74. The predicted molar refractivity (Wildman–Crippen MR) is 89.1 cm³/mol. The number of hydrogen-bond acceptors (Lipinski definition) is 4. The van der Waals surface area contributed by atoms with Crippen LogP contribution >= 0.6 is 11.6 Å². The van der Waals surface area contributed by atoms with E-state index in [4.69, 9.17) is 11.6 Å². The molecule has 1 aromatic heterocycles. The van der Waals surface area contributed by atoms with E-state index in [0.717, 1.165) is 5.69 Å². The smallest absolute Gasteiger partial charge is 0.237 e. The Morgan fingerprint density at radius 2 is 1.87 bits per heavy atom. The van der Waals surface area contributed by atoms with Gasteiger partial charge in [-0.3, -0.25) is 9.78 Å². The van der Waals surface area contributed by atoms with Crippen molar-refractivity contribution in [2.75, 3.05) is 19.3 Å². The molecule has 0 aliphatic rings. The van der Waals surface area contributed by atoms with Gasteiger partial charge >= 0.3 is 0 Å². The van der Waals surface area contributed by atoms with Crippen LogP contribution in [-0.2, 0) is 21.1 Å². The van der Waals surface area contributed by atoms with Crippen LogP contribution in [0.3, 0.4) is 0 Å². The average Bonchev–Trinajstić information content (AvgIpc) is 2.53. The van der Waals surface area contributed by atoms with Gasteiger partial charge in [0.2, 0.25) is 5.91 Å². The van der Waals surface area contributed by atoms with Crippen molar-refractivity contribution in [3.8, 4) is 0 Å². The minimum atomic E-state index is -3.67. The number of benzene rings is 1. The molecule has 0 saturated heterocycles. The summed E-state index contributed by atoms with van der Waals surface area (Å²) in [6.45, 7) is 0.409. The van der Waals surface area contributed by atoms with Gasteiger partial charge in [-0.05, 0) is 36.4 Å². The van der Waals surface area contributed by atoms with E-state index < -0.39 is 21.5 Å². The molecule has 0 N–H and O–H groups in total. The molecule has 1 amide bonds. The third kappa shape index (κ3) is 5.04. The van der Waals surface area contributed by atoms with Crippen molar-refractivity contribution < 1.29 is 13.2 Å². The van der Waals surface area contributed by atoms with Crippen LogP contribution in [0.2, 0.25) is 5.02 Å². The van der Waals surface area contributed by atoms with Crippen molar-refractivity contribution in [2.45, 2.75) is 11.3 Å². The lowest BCUT2D eigenvalue weighted by Gasteiger charge is -2.17. The fourth-order valence-corrected chi connectivity index (χ4v) is 3.34. The van der Waals surface area contributed by atoms with Gasteiger partial charge in [0.15, 0.2) is 9.84 Å². The molecule has 122 valence electrons. The summed E-state index contributed by atoms with van der Waals surface area (Å²) in [7, 11) is -2.08. The Morgan fingerprint density at radius 1 is 1.17 bits per heavy atom. The first-order chi connectivity index (χ1) is 10.9. The lowest BCUT2D eigenvalue weighted by Crippen LogP contribution is -2.34. The third-order valence-corrected chi connectivity index (χ3v) is 5.21. The fourth-order valence-electron chi connectivity index (χ4n) is 1.95. The van der Waals surface area contributed by atoms with E-state index in [2.05, 4.69) is 4.98 Å². The van der Waals surface area contributed by atoms with Crippen molar-refractivity contribution in [1.29, 1.82) is 0 Å². The Hall–Kier alpha value is -1.92. The molecule has 0 bridgehead atoms. The zero-order valence-corrected chi connectivity index (χ0v) is 14.2. The van der Waals surface area contributed by atoms with Gasteiger partial charge in [0.05, 0.1) is 4.90 Å². The summed E-state index contributed by atoms with van der Waals surface area (Å²) in [5.74, 6) is -1.01. The van der Waals surface area contributed by atoms with Gasteiger partial charge in [-0.15, -0.1) is 0 Å². The molecule has 0 radical (unpaired) electrons. The van der Waals surface area contributed by atoms with Crippen LogP contribution in [0.5, 0.6) is 0 Å². The molecule has 0 fully saturated rings. The summed E-state index contributed by atoms with van der Waals surface area (Å²) in [6.07, 6.45) is 2.26. The Labute approximate surface area is 140 Å². The van der Waals surface area contributed by atoms with E-state index in [9.17, 15) is 13.2 Å². The summed E-state index contributed by atoms with van der Waals surface area (Å²) < 4.78 is 24.5. The first-order valence-corrected chi connectivity index (χ1v) is 9.04. The molecule has 2 rings (SSSR count). The Morgan fingerprint density at radius 3 is 2.48 bits per heavy atom. The zero-order valence-electron chi connectivity index (χ0n) is 12.6. The van der Waals surface area contributed by atoms with Crippen LogP contribution in [0.15, 0.2) is 53.6 Å². The van der Waals surface area contributed by atoms with Crippen molar-refractivity contribution in [1.82, 2.24) is 9.88 Å². The minimum Gasteiger partial charge on any atom is -0.344 e. The molecular weight excluding hydrogens is 336 g/mol. The molecule has 0 unspecified atom stereocenters. The predicted octanol–water partition coefficient (Wildman–Crippen LogP) is 2.21. The van der Waals surface area contributed by atoms with Gasteiger partial charge in [0, 0.05) is 36.9 Å². The first-order valence-electron chi connectivity index (χ1n) is 7.01. The third-order valence-electron chi connectivity index (χ3n) is 3.34. The first kappa shape index (κ1) is 17.4. The highest BCUT2D eigenvalue weighted by molar-refractivity contribution is 7.92. The topological polar surface area (TPSA) is 67.3 Å². The number of likely N-dealkylation sites (N-methyl/N-ethyl adjacent to an activating group) is 1. The molecule has 1 aromatic carbocycles. The minimum absolute atomic E-state index is 0.0911. The number of nitrogens with zero attached hydrogens (tertiary/aromatic N) is 2. The molecule has 0 saturated carbocycles. The molecule has 7 heteroatoms. The molecule has 0 aliphatic heterocycles. The maximum Gasteiger partial charge on any atom is 0.237 e. The van der Waals surface area contributed by atoms with Gasteiger partial charge in [0.1, 0.15) is 5.75 Å². The lowest BCUT2D eigenvalue weighted by molar-refractivity contribution is -0.127. The molecule has 5 nitrogen and oxygen atoms in total. The quantitative estimate of drug-likeness (QED) is 0.799. The maximum atomic E-state index is 12.2. The molecule has 1 heterocycles. The molecular formula is C16H17ClN2O3S. The van der Waals surface area contributed by atoms with Crippen molar-refractivity contribution >= 4 is 27.3 Å². The van der Waals surface area contributed by atoms with Gasteiger partial charge < -0.3 is 4.90 Å². The maximum absolute atomic E-state index is 12.2. The highest BCUT2D eigenvalue weighted by atomic mass is 35.5. The lowest BCUT2D eigenvalue weighted by atomic mass is 10.2. The SMILES string of the molecule is CN(CCc1ccccn1)C(=O)CS(=O)(=O)c1ccc(Cl)cc1. The Balaban J connectivity index is 1.96. The average molecular weight is 353 g/mol. The second-order valence-corrected chi connectivity index (χ2v) is 7.53. The highest BCUT2D eigenvalue weighted by Gasteiger charge is 2.21. The van der Waals surface area contributed by atoms with Crippen LogP contribution in [0.1, 0.15) is 5.69 Å². The van der Waals surface area contributed by atoms with Crippen LogP contribution in [0.4, 0.5) is 0 Å². The van der Waals surface area contributed by atoms with E-state index >= 15 is 0 Å². The van der Waals surface area contributed by atoms with Crippen molar-refractivity contribution in [3.05, 3.63) is 59.4 Å². The molecule has 0 aliphatic carbocycles. The molecule has 23 heavy (non-hydrogen) atoms. The number of pyridine rings is 1. The number of sulfone groups is 1. The van der Waals surface area contributed by atoms with Gasteiger partial charge in [-0.2, -0.15) is 0 Å². The number of carbonyl (C=O) groups excluding carboxylic acids is 1. The second kappa shape index (κ2) is 7.57. The number of halogens is 1. The molecule has 0 spiro atoms. The Bertz CT molecular complexity index is 762. The van der Waals surface area contributed by atoms with E-state index in [1.54, 1.807) is 13.2 Å². The summed E-state index contributed by atoms with van der Waals surface area (Å²) in [4.78, 5) is 17.8. The molecule has 2 aromatic rings. The monoisotopic (exact) mass is 352 g/mol. The van der Waals surface area contributed by atoms with E-state index in [0.29, 0.717) is 18.0 Å². The summed E-state index contributed by atoms with van der Waals surface area (Å²) in [5, 5.41) is 0.447. The van der Waals surface area contributed by atoms with Crippen LogP contribution < -0.4 is 0 Å². The van der Waals surface area contributed by atoms with E-state index in [1.165, 1.54) is 29.2 Å². The molecule has 0 atom stereocenters. The highest BCUT2D eigenvalue weighted by Crippen LogP contribution is 2.15. The van der Waals surface area contributed by atoms with Crippen LogP contribution in [-0.4, -0.2) is 43.6 Å². The van der Waals surface area contributed by atoms with Gasteiger partial charge in [0.25, 0.3) is 0 Å². The number of rotatable bonds is 6. The second-order valence-electron chi connectivity index (χ2n) is 5.10. The van der Waals surface area contributed by atoms with Gasteiger partial charge in [-0.25, -0.2) is 8.42 Å². The normalized spacial score (nSPS) is 11.2. The largest absolute Gasteiger partial charge is 0.344 e. The van der Waals surface area contributed by atoms with Crippen molar-refractivity contribution in [2.24, 2.45) is 0 Å². The summed E-state index contributed by atoms with van der Waals surface area (Å²) in [5.41, 5.74) is 0.854. The van der Waals surface area contributed by atoms with E-state index in [-0.39, 0.29) is 4.90 Å². The van der Waals surface area contributed by atoms with Crippen LogP contribution in [0.25, 0.3) is 0 Å². The number of amides is 1. The van der Waals surface area contributed by atoms with Gasteiger partial charge in [-0.1, -0.05) is 17.7 Å². The van der Waals surface area contributed by atoms with Crippen LogP contribution in [0, 0.1) is 0 Å². The number of hydrogen-bond donors (Lipinski definition) is 0. The standard InChI is InChI=1S/C16H17ClN2O3S/c1-19(11-9-14-4-2-3-10-18-14)16(20)12-23(21,22)15-7-5-13(17)6-8-15/h2-8,10H,9,11-12H2,1H3. The van der Waals surface area contributed by atoms with Crippen molar-refractivity contribution in [3.63, 3.8) is 0 Å². The number of aromatic nitrogens is 1. The fraction of sp³-hybridized carbons (Fsp3) is 0.250. The number of carbonyl (C=O) groups is 1. The summed E-state index contributed by atoms with van der Waals surface area (Å²) in [6, 6.07) is 11.3.